The van der Waals surface area contributed by atoms with Gasteiger partial charge in [0.15, 0.2) is 0 Å². The topological polar surface area (TPSA) is 38.3 Å². The summed E-state index contributed by atoms with van der Waals surface area (Å²) >= 11 is 3.25. The molecule has 132 valence electrons. The van der Waals surface area contributed by atoms with Crippen molar-refractivity contribution in [3.8, 4) is 0 Å². The van der Waals surface area contributed by atoms with Gasteiger partial charge in [-0.1, -0.05) is 82.7 Å². The van der Waals surface area contributed by atoms with E-state index < -0.39 is 18.0 Å². The number of carbonyl (C=O) groups excluding carboxylic acids is 1. The molecule has 0 heterocycles. The molecule has 0 aliphatic heterocycles. The maximum atomic E-state index is 14.5. The lowest BCUT2D eigenvalue weighted by atomic mass is 9.98. The number of carbonyl (C=O) groups is 1. The zero-order valence-corrected chi connectivity index (χ0v) is 15.4. The van der Waals surface area contributed by atoms with Gasteiger partial charge in [0.1, 0.15) is 12.4 Å². The van der Waals surface area contributed by atoms with Crippen molar-refractivity contribution < 1.29 is 13.9 Å². The number of halogens is 2. The first-order valence-electron chi connectivity index (χ1n) is 8.10. The van der Waals surface area contributed by atoms with Crippen LogP contribution in [0.1, 0.15) is 22.7 Å². The lowest BCUT2D eigenvalue weighted by Gasteiger charge is -2.20. The maximum absolute atomic E-state index is 14.5. The van der Waals surface area contributed by atoms with Crippen LogP contribution >= 0.6 is 15.9 Å². The van der Waals surface area contributed by atoms with Crippen LogP contribution in [-0.2, 0) is 11.3 Å². The third-order valence-corrected chi connectivity index (χ3v) is 4.37. The molecule has 0 spiro atoms. The fraction of sp³-hybridized carbons (Fsp3) is 0.0952. The van der Waals surface area contributed by atoms with Crippen molar-refractivity contribution >= 4 is 22.0 Å². The van der Waals surface area contributed by atoms with E-state index in [0.717, 1.165) is 11.1 Å². The SMILES string of the molecule is O=C(NC(c1ccccc1)c1ccc(Br)cc1F)OCc1ccccc1. The number of benzene rings is 3. The quantitative estimate of drug-likeness (QED) is 0.590. The third-order valence-electron chi connectivity index (χ3n) is 3.88. The summed E-state index contributed by atoms with van der Waals surface area (Å²) in [6.45, 7) is 0.150. The predicted octanol–water partition coefficient (Wildman–Crippen LogP) is 5.60. The largest absolute Gasteiger partial charge is 0.445 e. The fourth-order valence-electron chi connectivity index (χ4n) is 2.60. The van der Waals surface area contributed by atoms with Gasteiger partial charge in [0.2, 0.25) is 0 Å². The molecule has 3 aromatic rings. The second-order valence-corrected chi connectivity index (χ2v) is 6.63. The lowest BCUT2D eigenvalue weighted by Crippen LogP contribution is -2.30. The van der Waals surface area contributed by atoms with Crippen LogP contribution in [0, 0.1) is 5.82 Å². The Kier molecular flexibility index (Phi) is 6.02. The molecule has 5 heteroatoms. The van der Waals surface area contributed by atoms with Crippen molar-refractivity contribution in [2.45, 2.75) is 12.6 Å². The second kappa shape index (κ2) is 8.63. The Bertz CT molecular complexity index is 872. The Morgan fingerprint density at radius 2 is 1.65 bits per heavy atom. The molecule has 3 aromatic carbocycles. The number of rotatable bonds is 5. The van der Waals surface area contributed by atoms with E-state index in [-0.39, 0.29) is 6.61 Å². The Balaban J connectivity index is 1.79. The van der Waals surface area contributed by atoms with Gasteiger partial charge in [-0.05, 0) is 23.3 Å². The Labute approximate surface area is 159 Å². The zero-order chi connectivity index (χ0) is 18.4. The molecule has 3 rings (SSSR count). The zero-order valence-electron chi connectivity index (χ0n) is 13.9. The van der Waals surface area contributed by atoms with E-state index in [1.165, 1.54) is 6.07 Å². The van der Waals surface area contributed by atoms with Gasteiger partial charge >= 0.3 is 6.09 Å². The highest BCUT2D eigenvalue weighted by Crippen LogP contribution is 2.26. The third kappa shape index (κ3) is 4.70. The molecular weight excluding hydrogens is 397 g/mol. The van der Waals surface area contributed by atoms with Gasteiger partial charge in [-0.25, -0.2) is 9.18 Å². The summed E-state index contributed by atoms with van der Waals surface area (Å²) in [4.78, 5) is 12.3. The number of hydrogen-bond acceptors (Lipinski definition) is 2. The summed E-state index contributed by atoms with van der Waals surface area (Å²) < 4.78 is 20.4. The van der Waals surface area contributed by atoms with E-state index >= 15 is 0 Å². The normalized spacial score (nSPS) is 11.6. The van der Waals surface area contributed by atoms with E-state index in [2.05, 4.69) is 21.2 Å². The molecule has 0 bridgehead atoms. The van der Waals surface area contributed by atoms with E-state index in [4.69, 9.17) is 4.74 Å². The number of nitrogens with one attached hydrogen (secondary N) is 1. The molecule has 0 aliphatic rings. The minimum absolute atomic E-state index is 0.150. The molecule has 0 aromatic heterocycles. The average molecular weight is 414 g/mol. The van der Waals surface area contributed by atoms with Crippen LogP contribution in [0.15, 0.2) is 83.3 Å². The van der Waals surface area contributed by atoms with Crippen LogP contribution in [0.2, 0.25) is 0 Å². The lowest BCUT2D eigenvalue weighted by molar-refractivity contribution is 0.137. The summed E-state index contributed by atoms with van der Waals surface area (Å²) in [5.74, 6) is -0.406. The number of hydrogen-bond donors (Lipinski definition) is 1. The van der Waals surface area contributed by atoms with Crippen molar-refractivity contribution in [2.24, 2.45) is 0 Å². The monoisotopic (exact) mass is 413 g/mol. The number of ether oxygens (including phenoxy) is 1. The molecule has 1 unspecified atom stereocenters. The predicted molar refractivity (Wildman–Crippen MR) is 102 cm³/mol. The van der Waals surface area contributed by atoms with Crippen molar-refractivity contribution in [1.29, 1.82) is 0 Å². The summed E-state index contributed by atoms with van der Waals surface area (Å²) in [7, 11) is 0. The van der Waals surface area contributed by atoms with E-state index in [1.807, 2.05) is 60.7 Å². The maximum Gasteiger partial charge on any atom is 0.408 e. The summed E-state index contributed by atoms with van der Waals surface area (Å²) in [5, 5.41) is 2.76. The Morgan fingerprint density at radius 1 is 1.00 bits per heavy atom. The van der Waals surface area contributed by atoms with Crippen LogP contribution in [0.25, 0.3) is 0 Å². The first-order chi connectivity index (χ1) is 12.6. The van der Waals surface area contributed by atoms with Crippen LogP contribution in [0.4, 0.5) is 9.18 Å². The molecule has 0 fully saturated rings. The molecule has 26 heavy (non-hydrogen) atoms. The van der Waals surface area contributed by atoms with Gasteiger partial charge in [-0.15, -0.1) is 0 Å². The highest BCUT2D eigenvalue weighted by Gasteiger charge is 2.21. The first kappa shape index (κ1) is 18.1. The van der Waals surface area contributed by atoms with Crippen LogP contribution in [-0.4, -0.2) is 6.09 Å². The van der Waals surface area contributed by atoms with Crippen LogP contribution in [0.3, 0.4) is 0 Å². The molecule has 0 radical (unpaired) electrons. The van der Waals surface area contributed by atoms with E-state index in [0.29, 0.717) is 10.0 Å². The van der Waals surface area contributed by atoms with Crippen molar-refractivity contribution in [3.05, 3.63) is 106 Å². The highest BCUT2D eigenvalue weighted by molar-refractivity contribution is 9.10. The average Bonchev–Trinajstić information content (AvgIpc) is 2.66. The molecule has 1 N–H and O–H groups in total. The van der Waals surface area contributed by atoms with Crippen molar-refractivity contribution in [1.82, 2.24) is 5.32 Å². The van der Waals surface area contributed by atoms with Gasteiger partial charge in [-0.2, -0.15) is 0 Å². The Hall–Kier alpha value is -2.66. The summed E-state index contributed by atoms with van der Waals surface area (Å²) in [5.41, 5.74) is 2.02. The first-order valence-corrected chi connectivity index (χ1v) is 8.90. The molecule has 0 saturated heterocycles. The number of amides is 1. The van der Waals surface area contributed by atoms with E-state index in [9.17, 15) is 9.18 Å². The summed E-state index contributed by atoms with van der Waals surface area (Å²) in [6.07, 6.45) is -0.606. The van der Waals surface area contributed by atoms with E-state index in [1.54, 1.807) is 12.1 Å². The highest BCUT2D eigenvalue weighted by atomic mass is 79.9. The molecule has 3 nitrogen and oxygen atoms in total. The van der Waals surface area contributed by atoms with Gasteiger partial charge in [0.25, 0.3) is 0 Å². The van der Waals surface area contributed by atoms with Gasteiger partial charge in [-0.3, -0.25) is 0 Å². The molecule has 1 amide bonds. The van der Waals surface area contributed by atoms with Gasteiger partial charge < -0.3 is 10.1 Å². The minimum Gasteiger partial charge on any atom is -0.445 e. The standard InChI is InChI=1S/C21H17BrFNO2/c22-17-11-12-18(19(23)13-17)20(16-9-5-2-6-10-16)24-21(25)26-14-15-7-3-1-4-8-15/h1-13,20H,14H2,(H,24,25). The minimum atomic E-state index is -0.646. The fourth-order valence-corrected chi connectivity index (χ4v) is 2.94. The van der Waals surface area contributed by atoms with Crippen LogP contribution in [0.5, 0.6) is 0 Å². The second-order valence-electron chi connectivity index (χ2n) is 5.72. The van der Waals surface area contributed by atoms with Crippen LogP contribution < -0.4 is 5.32 Å². The molecular formula is C21H17BrFNO2. The Morgan fingerprint density at radius 3 is 2.31 bits per heavy atom. The molecule has 1 atom stereocenters. The van der Waals surface area contributed by atoms with Crippen molar-refractivity contribution in [3.63, 3.8) is 0 Å². The summed E-state index contributed by atoms with van der Waals surface area (Å²) in [6, 6.07) is 22.7. The molecule has 0 aliphatic carbocycles. The molecule has 0 saturated carbocycles. The van der Waals surface area contributed by atoms with Gasteiger partial charge in [0.05, 0.1) is 6.04 Å². The van der Waals surface area contributed by atoms with Gasteiger partial charge in [0, 0.05) is 10.0 Å². The smallest absolute Gasteiger partial charge is 0.408 e. The number of alkyl carbamates (subject to hydrolysis) is 1. The van der Waals surface area contributed by atoms with Crippen molar-refractivity contribution in [2.75, 3.05) is 0 Å².